The van der Waals surface area contributed by atoms with Crippen molar-refractivity contribution < 1.29 is 0 Å². The molecule has 1 aliphatic rings. The van der Waals surface area contributed by atoms with E-state index in [0.29, 0.717) is 0 Å². The van der Waals surface area contributed by atoms with Crippen molar-refractivity contribution >= 4 is 42.3 Å². The zero-order chi connectivity index (χ0) is 33.4. The van der Waals surface area contributed by atoms with Crippen LogP contribution in [0.2, 0.25) is 0 Å². The lowest BCUT2D eigenvalue weighted by molar-refractivity contribution is 0.660. The Morgan fingerprint density at radius 2 is 0.900 bits per heavy atom. The normalized spacial score (nSPS) is 13.2. The van der Waals surface area contributed by atoms with Gasteiger partial charge < -0.3 is 0 Å². The van der Waals surface area contributed by atoms with Crippen LogP contribution in [0.15, 0.2) is 170 Å². The maximum Gasteiger partial charge on any atom is 0.0433 e. The Labute approximate surface area is 296 Å². The quantitative estimate of drug-likeness (QED) is 0.177. The maximum absolute atomic E-state index is 2.44. The molecule has 0 spiro atoms. The summed E-state index contributed by atoms with van der Waals surface area (Å²) < 4.78 is 2.69. The Morgan fingerprint density at radius 1 is 0.360 bits per heavy atom. The molecule has 0 atom stereocenters. The van der Waals surface area contributed by atoms with E-state index in [1.165, 1.54) is 97.7 Å². The highest BCUT2D eigenvalue weighted by Crippen LogP contribution is 2.50. The Kier molecular flexibility index (Phi) is 6.50. The van der Waals surface area contributed by atoms with E-state index < -0.39 is 0 Å². The first-order valence-corrected chi connectivity index (χ1v) is 18.2. The summed E-state index contributed by atoms with van der Waals surface area (Å²) in [5.41, 5.74) is 15.4. The average Bonchev–Trinajstić information content (AvgIpc) is 3.66. The van der Waals surface area contributed by atoms with Crippen LogP contribution in [0.3, 0.4) is 0 Å². The molecule has 1 aliphatic carbocycles. The molecule has 9 aromatic rings. The molecular formula is C49H34S. The van der Waals surface area contributed by atoms with Gasteiger partial charge in [-0.1, -0.05) is 147 Å². The van der Waals surface area contributed by atoms with Crippen molar-refractivity contribution in [3.63, 3.8) is 0 Å². The van der Waals surface area contributed by atoms with Crippen molar-refractivity contribution in [1.29, 1.82) is 0 Å². The number of fused-ring (bicyclic) bond motifs is 8. The van der Waals surface area contributed by atoms with Gasteiger partial charge in [0.2, 0.25) is 0 Å². The summed E-state index contributed by atoms with van der Waals surface area (Å²) in [6, 6.07) is 63.1. The zero-order valence-electron chi connectivity index (χ0n) is 28.1. The Hall–Kier alpha value is -5.76. The summed E-state index contributed by atoms with van der Waals surface area (Å²) in [6.45, 7) is 4.72. The summed E-state index contributed by atoms with van der Waals surface area (Å²) in [7, 11) is 0. The van der Waals surface area contributed by atoms with E-state index >= 15 is 0 Å². The van der Waals surface area contributed by atoms with Gasteiger partial charge in [-0.25, -0.2) is 0 Å². The molecule has 1 aromatic heterocycles. The van der Waals surface area contributed by atoms with Gasteiger partial charge >= 0.3 is 0 Å². The van der Waals surface area contributed by atoms with E-state index in [1.807, 2.05) is 11.3 Å². The molecule has 0 unspecified atom stereocenters. The SMILES string of the molecule is CC1(C)c2ccccc2-c2ccc(-c3cc(-c4ccccc4)cc(-c4ccc5c(ccc6c7ccc(-c8ccccc8)cc7sc56)c4)c3)cc21. The summed E-state index contributed by atoms with van der Waals surface area (Å²) in [4.78, 5) is 0. The molecule has 10 rings (SSSR count). The fraction of sp³-hybridized carbons (Fsp3) is 0.0612. The van der Waals surface area contributed by atoms with Crippen LogP contribution in [0.1, 0.15) is 25.0 Å². The van der Waals surface area contributed by atoms with Gasteiger partial charge in [-0.2, -0.15) is 0 Å². The van der Waals surface area contributed by atoms with Crippen LogP contribution in [-0.2, 0) is 5.41 Å². The van der Waals surface area contributed by atoms with Crippen molar-refractivity contribution in [2.45, 2.75) is 19.3 Å². The van der Waals surface area contributed by atoms with Crippen LogP contribution in [0.4, 0.5) is 0 Å². The lowest BCUT2D eigenvalue weighted by Crippen LogP contribution is -2.14. The predicted octanol–water partition coefficient (Wildman–Crippen LogP) is 14.2. The van der Waals surface area contributed by atoms with E-state index in [9.17, 15) is 0 Å². The van der Waals surface area contributed by atoms with Crippen LogP contribution in [0.5, 0.6) is 0 Å². The molecule has 0 fully saturated rings. The van der Waals surface area contributed by atoms with Gasteiger partial charge in [-0.3, -0.25) is 0 Å². The lowest BCUT2D eigenvalue weighted by atomic mass is 9.81. The van der Waals surface area contributed by atoms with Crippen molar-refractivity contribution in [3.8, 4) is 55.6 Å². The number of hydrogen-bond acceptors (Lipinski definition) is 1. The first-order chi connectivity index (χ1) is 24.5. The molecule has 0 saturated carbocycles. The van der Waals surface area contributed by atoms with Gasteiger partial charge in [0.05, 0.1) is 0 Å². The lowest BCUT2D eigenvalue weighted by Gasteiger charge is -2.22. The predicted molar refractivity (Wildman–Crippen MR) is 216 cm³/mol. The first kappa shape index (κ1) is 29.2. The second kappa shape index (κ2) is 11.1. The van der Waals surface area contributed by atoms with Crippen LogP contribution >= 0.6 is 11.3 Å². The molecule has 0 nitrogen and oxygen atoms in total. The minimum atomic E-state index is -0.0405. The molecule has 50 heavy (non-hydrogen) atoms. The van der Waals surface area contributed by atoms with Gasteiger partial charge in [0.25, 0.3) is 0 Å². The number of hydrogen-bond donors (Lipinski definition) is 0. The zero-order valence-corrected chi connectivity index (χ0v) is 28.9. The number of benzene rings is 8. The molecular weight excluding hydrogens is 621 g/mol. The molecule has 1 heterocycles. The molecule has 0 bridgehead atoms. The molecule has 0 amide bonds. The average molecular weight is 655 g/mol. The third kappa shape index (κ3) is 4.58. The number of thiophene rings is 1. The van der Waals surface area contributed by atoms with Crippen molar-refractivity contribution in [2.75, 3.05) is 0 Å². The summed E-state index contributed by atoms with van der Waals surface area (Å²) >= 11 is 1.91. The van der Waals surface area contributed by atoms with Crippen LogP contribution in [0.25, 0.3) is 86.6 Å². The number of rotatable bonds is 4. The first-order valence-electron chi connectivity index (χ1n) is 17.4. The standard InChI is InChI=1S/C49H34S/c1-49(2)45-16-10-9-15-41(45)42-22-18-34(29-46(42)49)39-27-37(32-13-7-4-8-14-32)26-38(28-39)33-17-21-40-36(25-33)20-24-44-43-23-19-35(30-47(43)50-48(40)44)31-11-5-3-6-12-31/h3-30H,1-2H3. The van der Waals surface area contributed by atoms with E-state index in [0.717, 1.165) is 0 Å². The van der Waals surface area contributed by atoms with Crippen LogP contribution < -0.4 is 0 Å². The highest BCUT2D eigenvalue weighted by molar-refractivity contribution is 7.26. The third-order valence-electron chi connectivity index (χ3n) is 10.9. The summed E-state index contributed by atoms with van der Waals surface area (Å²) in [5.74, 6) is 0. The largest absolute Gasteiger partial charge is 0.135 e. The topological polar surface area (TPSA) is 0 Å². The Bertz CT molecular complexity index is 2760. The summed E-state index contributed by atoms with van der Waals surface area (Å²) in [5, 5.41) is 5.25. The van der Waals surface area contributed by atoms with Gasteiger partial charge in [0, 0.05) is 25.6 Å². The van der Waals surface area contributed by atoms with Gasteiger partial charge in [-0.05, 0) is 114 Å². The highest BCUT2D eigenvalue weighted by atomic mass is 32.1. The molecule has 8 aromatic carbocycles. The highest BCUT2D eigenvalue weighted by Gasteiger charge is 2.35. The van der Waals surface area contributed by atoms with Crippen molar-refractivity contribution in [2.24, 2.45) is 0 Å². The second-order valence-electron chi connectivity index (χ2n) is 14.2. The van der Waals surface area contributed by atoms with Gasteiger partial charge in [0.1, 0.15) is 0 Å². The van der Waals surface area contributed by atoms with E-state index in [4.69, 9.17) is 0 Å². The molecule has 1 heteroatoms. The smallest absolute Gasteiger partial charge is 0.0433 e. The van der Waals surface area contributed by atoms with Gasteiger partial charge in [-0.15, -0.1) is 11.3 Å². The molecule has 0 radical (unpaired) electrons. The molecule has 0 N–H and O–H groups in total. The second-order valence-corrected chi connectivity index (χ2v) is 15.2. The fourth-order valence-electron chi connectivity index (χ4n) is 8.19. The van der Waals surface area contributed by atoms with Crippen molar-refractivity contribution in [3.05, 3.63) is 181 Å². The van der Waals surface area contributed by atoms with E-state index in [2.05, 4.69) is 184 Å². The Balaban J connectivity index is 1.10. The minimum absolute atomic E-state index is 0.0405. The van der Waals surface area contributed by atoms with Gasteiger partial charge in [0.15, 0.2) is 0 Å². The van der Waals surface area contributed by atoms with Crippen molar-refractivity contribution in [1.82, 2.24) is 0 Å². The van der Waals surface area contributed by atoms with Crippen LogP contribution in [0, 0.1) is 0 Å². The van der Waals surface area contributed by atoms with E-state index in [1.54, 1.807) is 0 Å². The Morgan fingerprint density at radius 3 is 1.64 bits per heavy atom. The monoisotopic (exact) mass is 654 g/mol. The van der Waals surface area contributed by atoms with E-state index in [-0.39, 0.29) is 5.41 Å². The fourth-order valence-corrected chi connectivity index (χ4v) is 9.47. The maximum atomic E-state index is 2.44. The third-order valence-corrected chi connectivity index (χ3v) is 12.1. The van der Waals surface area contributed by atoms with Crippen LogP contribution in [-0.4, -0.2) is 0 Å². The minimum Gasteiger partial charge on any atom is -0.135 e. The molecule has 0 saturated heterocycles. The summed E-state index contributed by atoms with van der Waals surface area (Å²) in [6.07, 6.45) is 0. The molecule has 0 aliphatic heterocycles. The molecule has 236 valence electrons.